The van der Waals surface area contributed by atoms with Crippen LogP contribution in [0.2, 0.25) is 5.15 Å². The molecule has 1 fully saturated rings. The molecule has 1 saturated heterocycles. The predicted molar refractivity (Wildman–Crippen MR) is 102 cm³/mol. The number of imidazole rings is 1. The Bertz CT molecular complexity index is 1020. The minimum absolute atomic E-state index is 0.180. The monoisotopic (exact) mass is 390 g/mol. The van der Waals surface area contributed by atoms with Gasteiger partial charge < -0.3 is 10.1 Å². The largest absolute Gasteiger partial charge is 0.497 e. The van der Waals surface area contributed by atoms with Crippen molar-refractivity contribution in [2.45, 2.75) is 0 Å². The molecule has 0 bridgehead atoms. The molecule has 0 atom stereocenters. The molecule has 0 radical (unpaired) electrons. The molecule has 1 aliphatic rings. The van der Waals surface area contributed by atoms with Crippen molar-refractivity contribution in [2.75, 3.05) is 7.11 Å². The van der Waals surface area contributed by atoms with Crippen molar-refractivity contribution >= 4 is 62.5 Å². The molecular weight excluding hydrogens is 380 g/mol. The van der Waals surface area contributed by atoms with Gasteiger partial charge in [-0.1, -0.05) is 11.6 Å². The highest BCUT2D eigenvalue weighted by Gasteiger charge is 2.25. The summed E-state index contributed by atoms with van der Waals surface area (Å²) in [5, 5.41) is 4.90. The van der Waals surface area contributed by atoms with Gasteiger partial charge in [-0.25, -0.2) is 9.98 Å². The van der Waals surface area contributed by atoms with E-state index in [1.165, 1.54) is 11.3 Å². The SMILES string of the molecule is COc1ccc(N=C2NC(=O)S/C2=C\c2c(Cl)nc3sccn23)cc1. The minimum atomic E-state index is -0.180. The highest BCUT2D eigenvalue weighted by Crippen LogP contribution is 2.31. The lowest BCUT2D eigenvalue weighted by Crippen LogP contribution is -2.18. The first kappa shape index (κ1) is 16.2. The fourth-order valence-electron chi connectivity index (χ4n) is 2.33. The fraction of sp³-hybridized carbons (Fsp3) is 0.0625. The summed E-state index contributed by atoms with van der Waals surface area (Å²) in [5.41, 5.74) is 1.43. The molecule has 3 heterocycles. The lowest BCUT2D eigenvalue weighted by atomic mass is 10.3. The third kappa shape index (κ3) is 3.15. The van der Waals surface area contributed by atoms with Crippen molar-refractivity contribution in [1.29, 1.82) is 0 Å². The van der Waals surface area contributed by atoms with Gasteiger partial charge in [0.2, 0.25) is 0 Å². The van der Waals surface area contributed by atoms with Crippen LogP contribution in [0.4, 0.5) is 10.5 Å². The molecule has 0 spiro atoms. The number of carbonyl (C=O) groups excluding carboxylic acids is 1. The van der Waals surface area contributed by atoms with Crippen LogP contribution in [0, 0.1) is 0 Å². The number of hydrogen-bond acceptors (Lipinski definition) is 6. The summed E-state index contributed by atoms with van der Waals surface area (Å²) in [6, 6.07) is 7.27. The molecule has 0 aliphatic carbocycles. The molecule has 3 aromatic rings. The van der Waals surface area contributed by atoms with Gasteiger partial charge in [0, 0.05) is 11.6 Å². The highest BCUT2D eigenvalue weighted by atomic mass is 35.5. The van der Waals surface area contributed by atoms with Crippen molar-refractivity contribution in [1.82, 2.24) is 14.7 Å². The predicted octanol–water partition coefficient (Wildman–Crippen LogP) is 4.59. The number of hydrogen-bond donors (Lipinski definition) is 1. The number of rotatable bonds is 3. The van der Waals surface area contributed by atoms with Crippen LogP contribution >= 0.6 is 34.7 Å². The van der Waals surface area contributed by atoms with Crippen LogP contribution < -0.4 is 10.1 Å². The van der Waals surface area contributed by atoms with Gasteiger partial charge in [0.1, 0.15) is 11.6 Å². The van der Waals surface area contributed by atoms with Crippen molar-refractivity contribution in [3.05, 3.63) is 51.6 Å². The zero-order valence-electron chi connectivity index (χ0n) is 12.9. The number of amidine groups is 1. The van der Waals surface area contributed by atoms with Gasteiger partial charge in [-0.3, -0.25) is 9.20 Å². The first-order valence-corrected chi connectivity index (χ1v) is 9.26. The van der Waals surface area contributed by atoms with Crippen molar-refractivity contribution in [3.63, 3.8) is 0 Å². The second kappa shape index (κ2) is 6.55. The van der Waals surface area contributed by atoms with Crippen molar-refractivity contribution in [3.8, 4) is 5.75 Å². The Balaban J connectivity index is 1.74. The van der Waals surface area contributed by atoms with Gasteiger partial charge in [0.05, 0.1) is 23.4 Å². The number of fused-ring (bicyclic) bond motifs is 1. The first-order chi connectivity index (χ1) is 12.1. The van der Waals surface area contributed by atoms with Crippen molar-refractivity contribution in [2.24, 2.45) is 4.99 Å². The number of aliphatic imine (C=N–C) groups is 1. The molecule has 1 aromatic carbocycles. The maximum atomic E-state index is 11.8. The van der Waals surface area contributed by atoms with Crippen molar-refractivity contribution < 1.29 is 9.53 Å². The molecule has 1 aliphatic heterocycles. The van der Waals surface area contributed by atoms with Crippen LogP contribution in [0.15, 0.2) is 45.7 Å². The van der Waals surface area contributed by atoms with Gasteiger partial charge in [-0.15, -0.1) is 11.3 Å². The molecule has 1 amide bonds. The molecule has 126 valence electrons. The van der Waals surface area contributed by atoms with Crippen LogP contribution in [0.25, 0.3) is 11.0 Å². The topological polar surface area (TPSA) is 68.0 Å². The van der Waals surface area contributed by atoms with Gasteiger partial charge in [-0.2, -0.15) is 0 Å². The molecule has 6 nitrogen and oxygen atoms in total. The second-order valence-corrected chi connectivity index (χ2v) is 7.27. The number of carbonyl (C=O) groups is 1. The maximum Gasteiger partial charge on any atom is 0.289 e. The smallest absolute Gasteiger partial charge is 0.289 e. The molecule has 9 heteroatoms. The molecular formula is C16H11ClN4O2S2. The Morgan fingerprint density at radius 1 is 1.36 bits per heavy atom. The molecule has 0 saturated carbocycles. The number of thiazole rings is 1. The van der Waals surface area contributed by atoms with E-state index in [4.69, 9.17) is 16.3 Å². The van der Waals surface area contributed by atoms with Crippen LogP contribution in [-0.2, 0) is 0 Å². The number of halogens is 1. The quantitative estimate of drug-likeness (QED) is 0.710. The molecule has 25 heavy (non-hydrogen) atoms. The summed E-state index contributed by atoms with van der Waals surface area (Å²) in [7, 11) is 1.61. The lowest BCUT2D eigenvalue weighted by molar-refractivity contribution is 0.265. The summed E-state index contributed by atoms with van der Waals surface area (Å²) in [6.07, 6.45) is 3.71. The molecule has 4 rings (SSSR count). The summed E-state index contributed by atoms with van der Waals surface area (Å²) >= 11 is 8.80. The van der Waals surface area contributed by atoms with E-state index in [1.54, 1.807) is 7.11 Å². The number of aromatic nitrogens is 2. The van der Waals surface area contributed by atoms with E-state index in [0.717, 1.165) is 28.2 Å². The molecule has 0 unspecified atom stereocenters. The highest BCUT2D eigenvalue weighted by molar-refractivity contribution is 8.18. The van der Waals surface area contributed by atoms with Gasteiger partial charge >= 0.3 is 0 Å². The number of benzene rings is 1. The number of methoxy groups -OCH3 is 1. The summed E-state index contributed by atoms with van der Waals surface area (Å²) in [5.74, 6) is 1.23. The average Bonchev–Trinajstić information content (AvgIpc) is 3.26. The maximum absolute atomic E-state index is 11.8. The average molecular weight is 391 g/mol. The summed E-state index contributed by atoms with van der Waals surface area (Å²) in [6.45, 7) is 0. The second-order valence-electron chi connectivity index (χ2n) is 5.02. The Labute approximate surface area is 156 Å². The third-order valence-electron chi connectivity index (χ3n) is 3.49. The van der Waals surface area contributed by atoms with Crippen LogP contribution in [-0.4, -0.2) is 27.6 Å². The van der Waals surface area contributed by atoms with Crippen LogP contribution in [0.3, 0.4) is 0 Å². The zero-order valence-corrected chi connectivity index (χ0v) is 15.3. The third-order valence-corrected chi connectivity index (χ3v) is 5.35. The van der Waals surface area contributed by atoms with E-state index in [1.807, 2.05) is 46.3 Å². The van der Waals surface area contributed by atoms with E-state index in [2.05, 4.69) is 15.3 Å². The van der Waals surface area contributed by atoms with E-state index in [-0.39, 0.29) is 5.24 Å². The lowest BCUT2D eigenvalue weighted by Gasteiger charge is -2.02. The number of thioether (sulfide) groups is 1. The number of nitrogens with one attached hydrogen (secondary N) is 1. The van der Waals surface area contributed by atoms with E-state index < -0.39 is 0 Å². The zero-order chi connectivity index (χ0) is 17.4. The standard InChI is InChI=1S/C16H11ClN4O2S2/c1-23-10-4-2-9(3-5-10)18-14-12(25-16(22)20-14)8-11-13(17)19-15-21(11)6-7-24-15/h2-8H,1H3,(H,18,20,22)/b12-8-. The molecule has 1 N–H and O–H groups in total. The van der Waals surface area contributed by atoms with Gasteiger partial charge in [0.25, 0.3) is 5.24 Å². The minimum Gasteiger partial charge on any atom is -0.497 e. The van der Waals surface area contributed by atoms with E-state index >= 15 is 0 Å². The Kier molecular flexibility index (Phi) is 4.24. The number of ether oxygens (including phenoxy) is 1. The Morgan fingerprint density at radius 2 is 2.16 bits per heavy atom. The number of nitrogens with zero attached hydrogens (tertiary/aromatic N) is 3. The van der Waals surface area contributed by atoms with Gasteiger partial charge in [0.15, 0.2) is 10.1 Å². The Morgan fingerprint density at radius 3 is 2.92 bits per heavy atom. The number of amides is 1. The Hall–Kier alpha value is -2.29. The van der Waals surface area contributed by atoms with E-state index in [9.17, 15) is 4.79 Å². The normalized spacial score (nSPS) is 17.6. The summed E-state index contributed by atoms with van der Waals surface area (Å²) < 4.78 is 7.02. The summed E-state index contributed by atoms with van der Waals surface area (Å²) in [4.78, 5) is 22.1. The first-order valence-electron chi connectivity index (χ1n) is 7.19. The van der Waals surface area contributed by atoms with E-state index in [0.29, 0.717) is 21.6 Å². The fourth-order valence-corrected chi connectivity index (χ4v) is 4.04. The molecule has 2 aromatic heterocycles. The van der Waals surface area contributed by atoms with Gasteiger partial charge in [-0.05, 0) is 42.1 Å². The van der Waals surface area contributed by atoms with Crippen LogP contribution in [0.5, 0.6) is 5.75 Å². The van der Waals surface area contributed by atoms with Crippen LogP contribution in [0.1, 0.15) is 5.69 Å².